The van der Waals surface area contributed by atoms with E-state index in [9.17, 15) is 19.7 Å². The van der Waals surface area contributed by atoms with Crippen LogP contribution < -0.4 is 10.1 Å². The van der Waals surface area contributed by atoms with Gasteiger partial charge in [0.15, 0.2) is 5.78 Å². The van der Waals surface area contributed by atoms with Crippen LogP contribution in [0, 0.1) is 10.1 Å². The number of hydrogen-bond donors (Lipinski definition) is 1. The summed E-state index contributed by atoms with van der Waals surface area (Å²) in [4.78, 5) is 39.0. The van der Waals surface area contributed by atoms with Crippen molar-refractivity contribution in [1.82, 2.24) is 5.32 Å². The van der Waals surface area contributed by atoms with Gasteiger partial charge in [0.05, 0.1) is 17.6 Å². The van der Waals surface area contributed by atoms with E-state index in [-0.39, 0.29) is 24.0 Å². The summed E-state index contributed by atoms with van der Waals surface area (Å²) in [6.45, 7) is 1.85. The second-order valence-corrected chi connectivity index (χ2v) is 10.3. The van der Waals surface area contributed by atoms with Gasteiger partial charge in [0.1, 0.15) is 12.4 Å². The van der Waals surface area contributed by atoms with E-state index in [1.54, 1.807) is 49.6 Å². The molecule has 5 rings (SSSR count). The highest BCUT2D eigenvalue weighted by Crippen LogP contribution is 2.46. The molecular formula is C29H26N2O6S. The Labute approximate surface area is 223 Å². The lowest BCUT2D eigenvalue weighted by atomic mass is 9.72. The summed E-state index contributed by atoms with van der Waals surface area (Å²) in [6, 6.07) is 17.2. The van der Waals surface area contributed by atoms with Crippen LogP contribution in [-0.4, -0.2) is 23.8 Å². The number of allylic oxidation sites excluding steroid dienone is 3. The fraction of sp³-hybridized carbons (Fsp3) is 0.241. The van der Waals surface area contributed by atoms with Gasteiger partial charge in [-0.15, -0.1) is 11.3 Å². The van der Waals surface area contributed by atoms with Crippen LogP contribution in [0.2, 0.25) is 0 Å². The molecular weight excluding hydrogens is 504 g/mol. The number of nitrogens with one attached hydrogen (secondary N) is 1. The third-order valence-corrected chi connectivity index (χ3v) is 7.99. The predicted molar refractivity (Wildman–Crippen MR) is 143 cm³/mol. The monoisotopic (exact) mass is 530 g/mol. The number of benzene rings is 2. The average molecular weight is 531 g/mol. The van der Waals surface area contributed by atoms with Gasteiger partial charge >= 0.3 is 5.97 Å². The summed E-state index contributed by atoms with van der Waals surface area (Å²) in [5.41, 5.74) is 3.60. The van der Waals surface area contributed by atoms with Gasteiger partial charge in [0.25, 0.3) is 5.69 Å². The highest BCUT2D eigenvalue weighted by Gasteiger charge is 2.41. The van der Waals surface area contributed by atoms with E-state index in [2.05, 4.69) is 5.32 Å². The molecule has 9 heteroatoms. The van der Waals surface area contributed by atoms with Crippen LogP contribution in [0.1, 0.15) is 47.6 Å². The molecule has 2 aliphatic rings. The molecule has 0 bridgehead atoms. The van der Waals surface area contributed by atoms with Crippen LogP contribution in [0.5, 0.6) is 5.75 Å². The molecule has 194 valence electrons. The fourth-order valence-corrected chi connectivity index (χ4v) is 5.94. The van der Waals surface area contributed by atoms with Gasteiger partial charge in [0, 0.05) is 52.2 Å². The molecule has 3 aromatic rings. The molecule has 0 saturated carbocycles. The molecule has 1 N–H and O–H groups in total. The first kappa shape index (κ1) is 25.4. The van der Waals surface area contributed by atoms with E-state index >= 15 is 0 Å². The van der Waals surface area contributed by atoms with Gasteiger partial charge in [-0.2, -0.15) is 0 Å². The Balaban J connectivity index is 1.49. The van der Waals surface area contributed by atoms with Gasteiger partial charge in [0.2, 0.25) is 0 Å². The SMILES string of the molecule is COc1ccc(COC(=O)C2=C(C)NC3=C(C(=O)CC(c4cccs4)C3)C2c2ccc([N+](=O)[O-])cc2)cc1. The molecule has 38 heavy (non-hydrogen) atoms. The number of dihydropyridines is 1. The van der Waals surface area contributed by atoms with Gasteiger partial charge in [-0.05, 0) is 48.1 Å². The van der Waals surface area contributed by atoms with Crippen molar-refractivity contribution >= 4 is 28.8 Å². The molecule has 1 aliphatic carbocycles. The summed E-state index contributed by atoms with van der Waals surface area (Å²) in [5, 5.41) is 16.6. The van der Waals surface area contributed by atoms with Crippen LogP contribution in [0.25, 0.3) is 0 Å². The topological polar surface area (TPSA) is 108 Å². The number of nitro benzene ring substituents is 1. The van der Waals surface area contributed by atoms with E-state index < -0.39 is 16.8 Å². The zero-order valence-electron chi connectivity index (χ0n) is 20.9. The maximum absolute atomic E-state index is 13.6. The summed E-state index contributed by atoms with van der Waals surface area (Å²) in [5.74, 6) is -0.526. The van der Waals surface area contributed by atoms with Crippen molar-refractivity contribution in [2.45, 2.75) is 38.2 Å². The van der Waals surface area contributed by atoms with Crippen LogP contribution in [0.4, 0.5) is 5.69 Å². The molecule has 2 unspecified atom stereocenters. The van der Waals surface area contributed by atoms with Crippen molar-refractivity contribution in [3.8, 4) is 5.75 Å². The first-order valence-electron chi connectivity index (χ1n) is 12.2. The minimum absolute atomic E-state index is 0.0477. The Morgan fingerprint density at radius 2 is 1.84 bits per heavy atom. The van der Waals surface area contributed by atoms with Crippen molar-refractivity contribution in [2.75, 3.05) is 7.11 Å². The zero-order valence-corrected chi connectivity index (χ0v) is 21.7. The number of esters is 1. The average Bonchev–Trinajstić information content (AvgIpc) is 3.46. The van der Waals surface area contributed by atoms with Crippen LogP contribution in [-0.2, 0) is 20.9 Å². The third-order valence-electron chi connectivity index (χ3n) is 6.96. The molecule has 0 fully saturated rings. The highest BCUT2D eigenvalue weighted by atomic mass is 32.1. The number of rotatable bonds is 7. The molecule has 2 aromatic carbocycles. The number of ketones is 1. The Bertz CT molecular complexity index is 1440. The zero-order chi connectivity index (χ0) is 26.8. The predicted octanol–water partition coefficient (Wildman–Crippen LogP) is 5.77. The Hall–Kier alpha value is -4.24. The van der Waals surface area contributed by atoms with Crippen LogP contribution in [0.3, 0.4) is 0 Å². The number of thiophene rings is 1. The number of methoxy groups -OCH3 is 1. The number of nitrogens with zero attached hydrogens (tertiary/aromatic N) is 1. The quantitative estimate of drug-likeness (QED) is 0.235. The normalized spacial score (nSPS) is 19.1. The molecule has 0 amide bonds. The minimum atomic E-state index is -0.688. The maximum Gasteiger partial charge on any atom is 0.337 e. The van der Waals surface area contributed by atoms with Gasteiger partial charge in [-0.1, -0.05) is 30.3 Å². The van der Waals surface area contributed by atoms with Crippen molar-refractivity contribution in [3.05, 3.63) is 115 Å². The number of ether oxygens (including phenoxy) is 2. The Morgan fingerprint density at radius 1 is 1.11 bits per heavy atom. The number of non-ortho nitro benzene ring substituents is 1. The largest absolute Gasteiger partial charge is 0.497 e. The van der Waals surface area contributed by atoms with E-state index in [1.807, 2.05) is 29.6 Å². The number of Topliss-reactive ketones (excluding diaryl/α,β-unsaturated/α-hetero) is 1. The number of nitro groups is 1. The van der Waals surface area contributed by atoms with E-state index in [1.165, 1.54) is 12.1 Å². The maximum atomic E-state index is 13.6. The van der Waals surface area contributed by atoms with E-state index in [0.717, 1.165) is 16.1 Å². The Morgan fingerprint density at radius 3 is 2.47 bits per heavy atom. The smallest absolute Gasteiger partial charge is 0.337 e. The second kappa shape index (κ2) is 10.6. The third kappa shape index (κ3) is 4.97. The number of hydrogen-bond acceptors (Lipinski definition) is 8. The highest BCUT2D eigenvalue weighted by molar-refractivity contribution is 7.10. The van der Waals surface area contributed by atoms with E-state index in [0.29, 0.717) is 41.0 Å². The van der Waals surface area contributed by atoms with Crippen LogP contribution in [0.15, 0.2) is 88.6 Å². The number of carbonyl (C=O) groups excluding carboxylic acids is 2. The van der Waals surface area contributed by atoms with Crippen molar-refractivity contribution in [3.63, 3.8) is 0 Å². The summed E-state index contributed by atoms with van der Waals surface area (Å²) in [6.07, 6.45) is 0.967. The molecule has 2 atom stereocenters. The summed E-state index contributed by atoms with van der Waals surface area (Å²) in [7, 11) is 1.58. The van der Waals surface area contributed by atoms with Gasteiger partial charge in [-0.3, -0.25) is 14.9 Å². The minimum Gasteiger partial charge on any atom is -0.497 e. The van der Waals surface area contributed by atoms with E-state index in [4.69, 9.17) is 9.47 Å². The standard InChI is InChI=1S/C29H26N2O6S/c1-17-26(29(33)37-16-18-5-11-22(36-2)12-6-18)27(19-7-9-21(10-8-19)31(34)35)28-23(30-17)14-20(15-24(28)32)25-4-3-13-38-25/h3-13,20,27,30H,14-16H2,1-2H3. The van der Waals surface area contributed by atoms with Crippen molar-refractivity contribution in [1.29, 1.82) is 0 Å². The lowest BCUT2D eigenvalue weighted by Gasteiger charge is -2.36. The first-order valence-corrected chi connectivity index (χ1v) is 13.1. The van der Waals surface area contributed by atoms with Crippen LogP contribution >= 0.6 is 11.3 Å². The van der Waals surface area contributed by atoms with Gasteiger partial charge < -0.3 is 14.8 Å². The lowest BCUT2D eigenvalue weighted by molar-refractivity contribution is -0.384. The molecule has 0 radical (unpaired) electrons. The molecule has 1 aromatic heterocycles. The van der Waals surface area contributed by atoms with Crippen molar-refractivity contribution in [2.24, 2.45) is 0 Å². The first-order chi connectivity index (χ1) is 18.4. The lowest BCUT2D eigenvalue weighted by Crippen LogP contribution is -2.36. The molecule has 0 saturated heterocycles. The molecule has 8 nitrogen and oxygen atoms in total. The summed E-state index contributed by atoms with van der Waals surface area (Å²) < 4.78 is 10.9. The molecule has 1 aliphatic heterocycles. The van der Waals surface area contributed by atoms with Crippen molar-refractivity contribution < 1.29 is 24.0 Å². The fourth-order valence-electron chi connectivity index (χ4n) is 5.10. The molecule has 2 heterocycles. The van der Waals surface area contributed by atoms with Gasteiger partial charge in [-0.25, -0.2) is 4.79 Å². The number of carbonyl (C=O) groups is 2. The molecule has 0 spiro atoms. The Kier molecular flexibility index (Phi) is 7.11. The second-order valence-electron chi connectivity index (χ2n) is 9.31. The summed E-state index contributed by atoms with van der Waals surface area (Å²) >= 11 is 1.62.